The Hall–Kier alpha value is -3.37. The molecule has 0 aliphatic carbocycles. The van der Waals surface area contributed by atoms with Gasteiger partial charge in [0.2, 0.25) is 5.43 Å². The molecule has 2 aliphatic heterocycles. The van der Waals surface area contributed by atoms with Crippen LogP contribution >= 0.6 is 0 Å². The van der Waals surface area contributed by atoms with E-state index in [9.17, 15) is 37.1 Å². The first-order chi connectivity index (χ1) is 15.4. The monoisotopic (exact) mass is 467 g/mol. The Balaban J connectivity index is 1.69. The number of amides is 2. The normalized spacial score (nSPS) is 21.4. The second-order valence-corrected chi connectivity index (χ2v) is 8.45. The molecule has 1 aromatic carbocycles. The summed E-state index contributed by atoms with van der Waals surface area (Å²) >= 11 is 0. The molecule has 0 unspecified atom stereocenters. The standard InChI is InChI=1S/C22H21F4N3O4/c1-10-5-15(23)13(16(24)6-10)7-27-20(32)14-9-29-12-3-4-22(25,26)11(2)28(8-12)21(33)17(29)19(31)18(14)30/h5-6,9,11-12,31H,3-4,7-8H2,1-2H3,(H,27,32)/t11-,12-/m0/s1. The number of halogens is 4. The maximum absolute atomic E-state index is 14.4. The number of nitrogens with zero attached hydrogens (tertiary/aromatic N) is 2. The molecule has 2 atom stereocenters. The van der Waals surface area contributed by atoms with Crippen molar-refractivity contribution in [2.75, 3.05) is 6.54 Å². The molecule has 33 heavy (non-hydrogen) atoms. The Morgan fingerprint density at radius 2 is 1.88 bits per heavy atom. The van der Waals surface area contributed by atoms with Crippen molar-refractivity contribution >= 4 is 11.8 Å². The van der Waals surface area contributed by atoms with Crippen molar-refractivity contribution in [1.29, 1.82) is 0 Å². The molecule has 0 radical (unpaired) electrons. The van der Waals surface area contributed by atoms with E-state index >= 15 is 0 Å². The molecule has 176 valence electrons. The summed E-state index contributed by atoms with van der Waals surface area (Å²) in [6.45, 7) is 2.05. The third-order valence-electron chi connectivity index (χ3n) is 6.32. The average Bonchev–Trinajstić information content (AvgIpc) is 2.83. The van der Waals surface area contributed by atoms with E-state index in [0.29, 0.717) is 5.56 Å². The predicted molar refractivity (Wildman–Crippen MR) is 108 cm³/mol. The Kier molecular flexibility index (Phi) is 5.45. The topological polar surface area (TPSA) is 91.6 Å². The van der Waals surface area contributed by atoms with Crippen molar-refractivity contribution in [3.63, 3.8) is 0 Å². The minimum atomic E-state index is -3.16. The van der Waals surface area contributed by atoms with Gasteiger partial charge in [-0.05, 0) is 38.0 Å². The molecule has 1 saturated heterocycles. The largest absolute Gasteiger partial charge is 0.503 e. The molecule has 2 N–H and O–H groups in total. The van der Waals surface area contributed by atoms with Gasteiger partial charge in [0, 0.05) is 31.3 Å². The van der Waals surface area contributed by atoms with E-state index in [1.165, 1.54) is 18.4 Å². The smallest absolute Gasteiger partial charge is 0.275 e. The van der Waals surface area contributed by atoms with Crippen LogP contribution in [-0.4, -0.2) is 44.9 Å². The van der Waals surface area contributed by atoms with Crippen LogP contribution in [0.5, 0.6) is 5.75 Å². The van der Waals surface area contributed by atoms with E-state index in [4.69, 9.17) is 0 Å². The van der Waals surface area contributed by atoms with Gasteiger partial charge in [0.1, 0.15) is 17.2 Å². The highest BCUT2D eigenvalue weighted by Gasteiger charge is 2.49. The van der Waals surface area contributed by atoms with Gasteiger partial charge in [0.25, 0.3) is 17.7 Å². The number of hydrogen-bond donors (Lipinski definition) is 2. The van der Waals surface area contributed by atoms with Crippen LogP contribution in [0.25, 0.3) is 0 Å². The molecule has 7 nitrogen and oxygen atoms in total. The maximum Gasteiger partial charge on any atom is 0.275 e. The number of rotatable bonds is 3. The van der Waals surface area contributed by atoms with Gasteiger partial charge in [-0.2, -0.15) is 0 Å². The van der Waals surface area contributed by atoms with Crippen LogP contribution in [0, 0.1) is 18.6 Å². The second-order valence-electron chi connectivity index (χ2n) is 8.45. The van der Waals surface area contributed by atoms with Crippen LogP contribution in [0.2, 0.25) is 0 Å². The number of benzene rings is 1. The lowest BCUT2D eigenvalue weighted by Crippen LogP contribution is -2.52. The highest BCUT2D eigenvalue weighted by atomic mass is 19.3. The first-order valence-corrected chi connectivity index (χ1v) is 10.3. The summed E-state index contributed by atoms with van der Waals surface area (Å²) in [7, 11) is 0. The van der Waals surface area contributed by atoms with Gasteiger partial charge in [-0.1, -0.05) is 0 Å². The van der Waals surface area contributed by atoms with Crippen LogP contribution < -0.4 is 10.7 Å². The van der Waals surface area contributed by atoms with Crippen molar-refractivity contribution in [2.45, 2.75) is 51.2 Å². The number of aryl methyl sites for hydroxylation is 1. The average molecular weight is 467 g/mol. The molecule has 2 bridgehead atoms. The number of pyridine rings is 1. The Bertz CT molecular complexity index is 1200. The number of carbonyl (C=O) groups excluding carboxylic acids is 2. The fourth-order valence-corrected chi connectivity index (χ4v) is 4.34. The summed E-state index contributed by atoms with van der Waals surface area (Å²) in [6, 6.07) is 0.0495. The summed E-state index contributed by atoms with van der Waals surface area (Å²) in [5.41, 5.74) is -2.29. The summed E-state index contributed by atoms with van der Waals surface area (Å²) < 4.78 is 58.0. The third-order valence-corrected chi connectivity index (χ3v) is 6.32. The zero-order chi connectivity index (χ0) is 24.2. The number of fused-ring (bicyclic) bond motifs is 4. The van der Waals surface area contributed by atoms with Crippen molar-refractivity contribution < 1.29 is 32.3 Å². The minimum absolute atomic E-state index is 0.0583. The van der Waals surface area contributed by atoms with Gasteiger partial charge in [0.05, 0.1) is 12.1 Å². The van der Waals surface area contributed by atoms with Crippen molar-refractivity contribution in [1.82, 2.24) is 14.8 Å². The Morgan fingerprint density at radius 1 is 1.24 bits per heavy atom. The van der Waals surface area contributed by atoms with E-state index in [-0.39, 0.29) is 13.0 Å². The zero-order valence-electron chi connectivity index (χ0n) is 17.8. The van der Waals surface area contributed by atoms with Crippen molar-refractivity contribution in [3.05, 3.63) is 62.6 Å². The molecule has 0 spiro atoms. The number of nitrogens with one attached hydrogen (secondary N) is 1. The van der Waals surface area contributed by atoms with Gasteiger partial charge < -0.3 is 19.9 Å². The highest BCUT2D eigenvalue weighted by molar-refractivity contribution is 5.99. The van der Waals surface area contributed by atoms with Crippen molar-refractivity contribution in [2.24, 2.45) is 0 Å². The fourth-order valence-electron chi connectivity index (χ4n) is 4.34. The van der Waals surface area contributed by atoms with Gasteiger partial charge in [-0.25, -0.2) is 17.6 Å². The molecule has 11 heteroatoms. The van der Waals surface area contributed by atoms with Crippen LogP contribution in [-0.2, 0) is 6.54 Å². The SMILES string of the molecule is Cc1cc(F)c(CNC(=O)c2cn3c(c(O)c2=O)C(=O)N2C[C@@H]3CCC(F)(F)[C@@H]2C)c(F)c1. The molecule has 2 aliphatic rings. The predicted octanol–water partition coefficient (Wildman–Crippen LogP) is 2.89. The quantitative estimate of drug-likeness (QED) is 0.680. The molecular formula is C22H21F4N3O4. The molecule has 0 saturated carbocycles. The molecule has 4 rings (SSSR count). The summed E-state index contributed by atoms with van der Waals surface area (Å²) in [6.07, 6.45) is 0.447. The number of hydrogen-bond acceptors (Lipinski definition) is 4. The van der Waals surface area contributed by atoms with Crippen LogP contribution in [0.1, 0.15) is 57.8 Å². The number of aromatic nitrogens is 1. The number of aromatic hydroxyl groups is 1. The van der Waals surface area contributed by atoms with Gasteiger partial charge >= 0.3 is 0 Å². The van der Waals surface area contributed by atoms with Crippen LogP contribution in [0.15, 0.2) is 23.1 Å². The Labute approximate surface area is 185 Å². The summed E-state index contributed by atoms with van der Waals surface area (Å²) in [5, 5.41) is 12.7. The van der Waals surface area contributed by atoms with E-state index in [0.717, 1.165) is 23.2 Å². The fraction of sp³-hybridized carbons (Fsp3) is 0.409. The molecule has 1 aromatic heterocycles. The maximum atomic E-state index is 14.4. The number of alkyl halides is 2. The van der Waals surface area contributed by atoms with E-state index < -0.39 is 82.4 Å². The summed E-state index contributed by atoms with van der Waals surface area (Å²) in [4.78, 5) is 39.0. The molecule has 1 fully saturated rings. The van der Waals surface area contributed by atoms with E-state index in [1.54, 1.807) is 0 Å². The van der Waals surface area contributed by atoms with Crippen LogP contribution in [0.3, 0.4) is 0 Å². The highest BCUT2D eigenvalue weighted by Crippen LogP contribution is 2.40. The van der Waals surface area contributed by atoms with Crippen molar-refractivity contribution in [3.8, 4) is 5.75 Å². The Morgan fingerprint density at radius 3 is 2.52 bits per heavy atom. The lowest BCUT2D eigenvalue weighted by atomic mass is 10.0. The first-order valence-electron chi connectivity index (χ1n) is 10.3. The zero-order valence-corrected chi connectivity index (χ0v) is 17.8. The lowest BCUT2D eigenvalue weighted by molar-refractivity contribution is -0.0640. The molecule has 2 aromatic rings. The third kappa shape index (κ3) is 3.75. The molecule has 3 heterocycles. The first kappa shape index (κ1) is 22.8. The van der Waals surface area contributed by atoms with Gasteiger partial charge in [0.15, 0.2) is 11.4 Å². The number of carbonyl (C=O) groups is 2. The van der Waals surface area contributed by atoms with E-state index in [2.05, 4.69) is 5.32 Å². The van der Waals surface area contributed by atoms with Gasteiger partial charge in [-0.15, -0.1) is 0 Å². The van der Waals surface area contributed by atoms with Gasteiger partial charge in [-0.3, -0.25) is 14.4 Å². The van der Waals surface area contributed by atoms with Crippen LogP contribution in [0.4, 0.5) is 17.6 Å². The second kappa shape index (κ2) is 7.89. The summed E-state index contributed by atoms with van der Waals surface area (Å²) in [5.74, 6) is -7.93. The minimum Gasteiger partial charge on any atom is -0.503 e. The van der Waals surface area contributed by atoms with E-state index in [1.807, 2.05) is 0 Å². The molecular weight excluding hydrogens is 446 g/mol. The lowest BCUT2D eigenvalue weighted by Gasteiger charge is -2.38. The molecule has 2 amide bonds.